The van der Waals surface area contributed by atoms with E-state index >= 15 is 0 Å². The average Bonchev–Trinajstić information content (AvgIpc) is 2.39. The Labute approximate surface area is 151 Å². The Morgan fingerprint density at radius 1 is 0.632 bits per heavy atom. The Bertz CT molecular complexity index is 699. The van der Waals surface area contributed by atoms with E-state index in [0.29, 0.717) is 23.0 Å². The van der Waals surface area contributed by atoms with Crippen LogP contribution in [0.25, 0.3) is 0 Å². The second-order valence-electron chi connectivity index (χ2n) is 3.71. The van der Waals surface area contributed by atoms with Gasteiger partial charge in [-0.25, -0.2) is 0 Å². The molecule has 1 aliphatic rings. The standard InChI is InChI=1S/C12H3Br5O2/c13-4-1-2-6-11(9(4)16)19-12-7(18-6)3-5(14)8(15)10(12)17/h1-3H. The molecule has 3 rings (SSSR count). The molecule has 0 unspecified atom stereocenters. The van der Waals surface area contributed by atoms with Gasteiger partial charge >= 0.3 is 0 Å². The zero-order valence-electron chi connectivity index (χ0n) is 8.94. The summed E-state index contributed by atoms with van der Waals surface area (Å²) in [4.78, 5) is 0. The van der Waals surface area contributed by atoms with Crippen molar-refractivity contribution in [2.24, 2.45) is 0 Å². The molecule has 0 atom stereocenters. The van der Waals surface area contributed by atoms with Gasteiger partial charge in [0.25, 0.3) is 0 Å². The van der Waals surface area contributed by atoms with Crippen LogP contribution in [0.4, 0.5) is 0 Å². The molecule has 0 fully saturated rings. The van der Waals surface area contributed by atoms with Crippen molar-refractivity contribution in [1.82, 2.24) is 0 Å². The minimum absolute atomic E-state index is 0.640. The lowest BCUT2D eigenvalue weighted by Gasteiger charge is -2.23. The first kappa shape index (κ1) is 14.4. The fraction of sp³-hybridized carbons (Fsp3) is 0. The van der Waals surface area contributed by atoms with Gasteiger partial charge in [-0.3, -0.25) is 0 Å². The molecule has 1 heterocycles. The van der Waals surface area contributed by atoms with Gasteiger partial charge in [0.2, 0.25) is 0 Å². The van der Waals surface area contributed by atoms with E-state index in [0.717, 1.165) is 22.4 Å². The minimum Gasteiger partial charge on any atom is -0.449 e. The van der Waals surface area contributed by atoms with Gasteiger partial charge in [-0.1, -0.05) is 0 Å². The number of ether oxygens (including phenoxy) is 2. The van der Waals surface area contributed by atoms with Crippen molar-refractivity contribution in [1.29, 1.82) is 0 Å². The summed E-state index contributed by atoms with van der Waals surface area (Å²) in [7, 11) is 0. The van der Waals surface area contributed by atoms with Crippen molar-refractivity contribution in [2.75, 3.05) is 0 Å². The summed E-state index contributed by atoms with van der Waals surface area (Å²) in [6.45, 7) is 0. The van der Waals surface area contributed by atoms with Gasteiger partial charge in [0, 0.05) is 19.5 Å². The Hall–Kier alpha value is 0.440. The first-order valence-corrected chi connectivity index (χ1v) is 8.96. The Morgan fingerprint density at radius 3 is 2.05 bits per heavy atom. The summed E-state index contributed by atoms with van der Waals surface area (Å²) >= 11 is 17.4. The van der Waals surface area contributed by atoms with Crippen molar-refractivity contribution >= 4 is 79.6 Å². The number of fused-ring (bicyclic) bond motifs is 2. The molecule has 98 valence electrons. The number of benzene rings is 2. The van der Waals surface area contributed by atoms with E-state index in [9.17, 15) is 0 Å². The molecule has 1 aliphatic heterocycles. The van der Waals surface area contributed by atoms with Crippen LogP contribution < -0.4 is 9.47 Å². The number of hydrogen-bond acceptors (Lipinski definition) is 2. The highest BCUT2D eigenvalue weighted by atomic mass is 79.9. The van der Waals surface area contributed by atoms with E-state index < -0.39 is 0 Å². The van der Waals surface area contributed by atoms with Gasteiger partial charge in [0.15, 0.2) is 23.0 Å². The highest BCUT2D eigenvalue weighted by molar-refractivity contribution is 9.14. The molecule has 19 heavy (non-hydrogen) atoms. The first-order chi connectivity index (χ1) is 8.99. The molecule has 0 amide bonds. The fourth-order valence-corrected chi connectivity index (χ4v) is 3.82. The van der Waals surface area contributed by atoms with Crippen molar-refractivity contribution in [3.63, 3.8) is 0 Å². The van der Waals surface area contributed by atoms with Gasteiger partial charge in [0.1, 0.15) is 0 Å². The zero-order chi connectivity index (χ0) is 13.7. The maximum Gasteiger partial charge on any atom is 0.185 e. The highest BCUT2D eigenvalue weighted by Gasteiger charge is 2.26. The van der Waals surface area contributed by atoms with Crippen LogP contribution in [0, 0.1) is 0 Å². The third-order valence-electron chi connectivity index (χ3n) is 2.52. The van der Waals surface area contributed by atoms with E-state index in [2.05, 4.69) is 79.6 Å². The maximum atomic E-state index is 5.96. The van der Waals surface area contributed by atoms with Crippen molar-refractivity contribution in [2.45, 2.75) is 0 Å². The predicted molar refractivity (Wildman–Crippen MR) is 91.5 cm³/mol. The van der Waals surface area contributed by atoms with Crippen LogP contribution in [0.15, 0.2) is 40.6 Å². The maximum absolute atomic E-state index is 5.96. The Morgan fingerprint density at radius 2 is 1.32 bits per heavy atom. The van der Waals surface area contributed by atoms with Crippen LogP contribution >= 0.6 is 79.6 Å². The molecular weight excluding hydrogens is 576 g/mol. The summed E-state index contributed by atoms with van der Waals surface area (Å²) < 4.78 is 16.1. The summed E-state index contributed by atoms with van der Waals surface area (Å²) in [6.07, 6.45) is 0. The highest BCUT2D eigenvalue weighted by Crippen LogP contribution is 2.55. The Kier molecular flexibility index (Phi) is 4.03. The van der Waals surface area contributed by atoms with Gasteiger partial charge < -0.3 is 9.47 Å². The first-order valence-electron chi connectivity index (χ1n) is 5.00. The van der Waals surface area contributed by atoms with Crippen LogP contribution in [0.1, 0.15) is 0 Å². The third kappa shape index (κ3) is 2.41. The number of hydrogen-bond donors (Lipinski definition) is 0. The molecule has 0 aromatic heterocycles. The summed E-state index contributed by atoms with van der Waals surface area (Å²) in [5, 5.41) is 0. The molecule has 0 N–H and O–H groups in total. The van der Waals surface area contributed by atoms with Crippen LogP contribution in [-0.2, 0) is 0 Å². The second-order valence-corrected chi connectivity index (χ2v) is 7.79. The van der Waals surface area contributed by atoms with Gasteiger partial charge in [-0.05, 0) is 91.8 Å². The number of halogens is 5. The van der Waals surface area contributed by atoms with E-state index in [4.69, 9.17) is 9.47 Å². The SMILES string of the molecule is Brc1cc2c(c(Br)c1Br)Oc1c(ccc(Br)c1Br)O2. The molecule has 2 aromatic rings. The van der Waals surface area contributed by atoms with Crippen LogP contribution in [-0.4, -0.2) is 0 Å². The molecule has 2 aromatic carbocycles. The van der Waals surface area contributed by atoms with Gasteiger partial charge in [0.05, 0.1) is 8.95 Å². The second kappa shape index (κ2) is 5.33. The molecule has 0 spiro atoms. The third-order valence-corrected chi connectivity index (χ3v) is 7.77. The van der Waals surface area contributed by atoms with Crippen LogP contribution in [0.5, 0.6) is 23.0 Å². The smallest absolute Gasteiger partial charge is 0.185 e. The van der Waals surface area contributed by atoms with Crippen molar-refractivity contribution < 1.29 is 9.47 Å². The largest absolute Gasteiger partial charge is 0.449 e. The summed E-state index contributed by atoms with van der Waals surface area (Å²) in [5.74, 6) is 2.62. The lowest BCUT2D eigenvalue weighted by atomic mass is 10.2. The molecule has 0 bridgehead atoms. The van der Waals surface area contributed by atoms with Gasteiger partial charge in [-0.2, -0.15) is 0 Å². The minimum atomic E-state index is 0.640. The van der Waals surface area contributed by atoms with E-state index in [1.54, 1.807) is 0 Å². The molecule has 2 nitrogen and oxygen atoms in total. The van der Waals surface area contributed by atoms with E-state index in [1.165, 1.54) is 0 Å². The normalized spacial score (nSPS) is 12.3. The zero-order valence-corrected chi connectivity index (χ0v) is 16.9. The monoisotopic (exact) mass is 574 g/mol. The van der Waals surface area contributed by atoms with Crippen LogP contribution in [0.2, 0.25) is 0 Å². The topological polar surface area (TPSA) is 18.5 Å². The van der Waals surface area contributed by atoms with Crippen LogP contribution in [0.3, 0.4) is 0 Å². The van der Waals surface area contributed by atoms with E-state index in [1.807, 2.05) is 18.2 Å². The summed E-state index contributed by atoms with van der Waals surface area (Å²) in [5.41, 5.74) is 0. The summed E-state index contributed by atoms with van der Waals surface area (Å²) in [6, 6.07) is 5.63. The predicted octanol–water partition coefficient (Wildman–Crippen LogP) is 7.40. The molecule has 7 heteroatoms. The quantitative estimate of drug-likeness (QED) is 0.259. The molecule has 0 radical (unpaired) electrons. The molecule has 0 saturated carbocycles. The lowest BCUT2D eigenvalue weighted by molar-refractivity contribution is 0.355. The van der Waals surface area contributed by atoms with Crippen molar-refractivity contribution in [3.05, 3.63) is 40.6 Å². The van der Waals surface area contributed by atoms with Crippen molar-refractivity contribution in [3.8, 4) is 23.0 Å². The molecule has 0 saturated heterocycles. The lowest BCUT2D eigenvalue weighted by Crippen LogP contribution is -2.01. The fourth-order valence-electron chi connectivity index (χ4n) is 1.64. The Balaban J connectivity index is 2.20. The number of rotatable bonds is 0. The van der Waals surface area contributed by atoms with E-state index in [-0.39, 0.29) is 0 Å². The average molecular weight is 579 g/mol. The molecule has 0 aliphatic carbocycles. The molecular formula is C12H3Br5O2. The van der Waals surface area contributed by atoms with Gasteiger partial charge in [-0.15, -0.1) is 0 Å².